The summed E-state index contributed by atoms with van der Waals surface area (Å²) in [5, 5.41) is 2.96. The van der Waals surface area contributed by atoms with Crippen molar-refractivity contribution in [1.29, 1.82) is 0 Å². The number of carbonyl (C=O) groups is 1. The number of hydrogen-bond donors (Lipinski definition) is 1. The van der Waals surface area contributed by atoms with Crippen molar-refractivity contribution in [3.05, 3.63) is 34.6 Å². The first kappa shape index (κ1) is 21.5. The van der Waals surface area contributed by atoms with Crippen molar-refractivity contribution in [3.8, 4) is 0 Å². The Kier molecular flexibility index (Phi) is 6.67. The van der Waals surface area contributed by atoms with E-state index in [4.69, 9.17) is 11.6 Å². The largest absolute Gasteiger partial charge is 0.351 e. The van der Waals surface area contributed by atoms with Crippen molar-refractivity contribution in [3.63, 3.8) is 0 Å². The molecule has 0 atom stereocenters. The average Bonchev–Trinajstić information content (AvgIpc) is 3.44. The molecular weight excluding hydrogens is 403 g/mol. The molecule has 1 aromatic rings. The van der Waals surface area contributed by atoms with Crippen LogP contribution in [-0.2, 0) is 10.0 Å². The molecule has 1 N–H and O–H groups in total. The number of benzene rings is 1. The molecule has 0 bridgehead atoms. The summed E-state index contributed by atoms with van der Waals surface area (Å²) >= 11 is 6.00. The van der Waals surface area contributed by atoms with Gasteiger partial charge >= 0.3 is 0 Å². The smallest absolute Gasteiger partial charge is 0.255 e. The molecule has 1 aliphatic heterocycles. The van der Waals surface area contributed by atoms with E-state index in [1.807, 2.05) is 6.92 Å². The summed E-state index contributed by atoms with van der Waals surface area (Å²) < 4.78 is 40.3. The van der Waals surface area contributed by atoms with E-state index in [2.05, 4.69) is 5.32 Å². The van der Waals surface area contributed by atoms with Crippen molar-refractivity contribution in [2.45, 2.75) is 45.4 Å². The minimum absolute atomic E-state index is 0.0919. The number of nitrogens with one attached hydrogen (secondary N) is 1. The predicted molar refractivity (Wildman–Crippen MR) is 108 cm³/mol. The van der Waals surface area contributed by atoms with Crippen LogP contribution in [0.4, 0.5) is 4.39 Å². The van der Waals surface area contributed by atoms with E-state index in [1.165, 1.54) is 31.0 Å². The van der Waals surface area contributed by atoms with Crippen LogP contribution < -0.4 is 5.32 Å². The monoisotopic (exact) mass is 430 g/mol. The van der Waals surface area contributed by atoms with Crippen LogP contribution in [0.3, 0.4) is 0 Å². The Hall–Kier alpha value is -1.18. The van der Waals surface area contributed by atoms with Crippen LogP contribution in [0.25, 0.3) is 0 Å². The van der Waals surface area contributed by atoms with Gasteiger partial charge < -0.3 is 5.32 Å². The number of nitrogens with zero attached hydrogens (tertiary/aromatic N) is 1. The zero-order valence-corrected chi connectivity index (χ0v) is 17.8. The van der Waals surface area contributed by atoms with Gasteiger partial charge in [0, 0.05) is 19.6 Å². The van der Waals surface area contributed by atoms with Gasteiger partial charge in [0.05, 0.1) is 16.3 Å². The summed E-state index contributed by atoms with van der Waals surface area (Å²) in [6, 6.07) is 4.18. The molecule has 3 rings (SSSR count). The molecule has 28 heavy (non-hydrogen) atoms. The number of hydrogen-bond acceptors (Lipinski definition) is 3. The molecule has 1 aromatic carbocycles. The van der Waals surface area contributed by atoms with Crippen LogP contribution in [0, 0.1) is 17.2 Å². The van der Waals surface area contributed by atoms with Gasteiger partial charge in [-0.15, -0.1) is 0 Å². The lowest BCUT2D eigenvalue weighted by molar-refractivity contribution is 0.0868. The van der Waals surface area contributed by atoms with Gasteiger partial charge in [0.15, 0.2) is 0 Å². The standard InChI is InChI=1S/C20H28ClFN2O3S/c1-2-12-28(26,27)24-10-8-20(9-11-24,13-15-6-7-15)14-23-19(25)18-16(21)4-3-5-17(18)22/h3-5,15H,2,6-14H2,1H3,(H,23,25). The summed E-state index contributed by atoms with van der Waals surface area (Å²) in [5.74, 6) is -0.334. The molecule has 0 aromatic heterocycles. The normalized spacial score (nSPS) is 20.1. The summed E-state index contributed by atoms with van der Waals surface area (Å²) in [4.78, 5) is 12.5. The van der Waals surface area contributed by atoms with E-state index < -0.39 is 21.7 Å². The lowest BCUT2D eigenvalue weighted by Gasteiger charge is -2.41. The van der Waals surface area contributed by atoms with E-state index in [0.717, 1.165) is 6.42 Å². The van der Waals surface area contributed by atoms with Gasteiger partial charge in [-0.25, -0.2) is 17.1 Å². The minimum Gasteiger partial charge on any atom is -0.351 e. The van der Waals surface area contributed by atoms with Gasteiger partial charge in [0.2, 0.25) is 10.0 Å². The lowest BCUT2D eigenvalue weighted by atomic mass is 9.74. The third kappa shape index (κ3) is 5.05. The molecule has 1 saturated heterocycles. The zero-order valence-electron chi connectivity index (χ0n) is 16.2. The molecule has 0 radical (unpaired) electrons. The summed E-state index contributed by atoms with van der Waals surface area (Å²) in [6.45, 7) is 3.23. The average molecular weight is 431 g/mol. The molecule has 8 heteroatoms. The summed E-state index contributed by atoms with van der Waals surface area (Å²) in [6.07, 6.45) is 5.36. The Balaban J connectivity index is 1.67. The molecule has 1 amide bonds. The highest BCUT2D eigenvalue weighted by atomic mass is 35.5. The number of carbonyl (C=O) groups excluding carboxylic acids is 1. The highest BCUT2D eigenvalue weighted by Crippen LogP contribution is 2.45. The van der Waals surface area contributed by atoms with Gasteiger partial charge in [-0.2, -0.15) is 0 Å². The van der Waals surface area contributed by atoms with E-state index in [1.54, 1.807) is 4.31 Å². The molecule has 1 saturated carbocycles. The SMILES string of the molecule is CCCS(=O)(=O)N1CCC(CNC(=O)c2c(F)cccc2Cl)(CC2CC2)CC1. The van der Waals surface area contributed by atoms with E-state index in [9.17, 15) is 17.6 Å². The highest BCUT2D eigenvalue weighted by Gasteiger charge is 2.41. The fourth-order valence-corrected chi connectivity index (χ4v) is 5.85. The van der Waals surface area contributed by atoms with E-state index >= 15 is 0 Å². The minimum atomic E-state index is -3.20. The molecular formula is C20H28ClFN2O3S. The molecule has 1 aliphatic carbocycles. The first-order valence-corrected chi connectivity index (χ1v) is 11.9. The first-order chi connectivity index (χ1) is 13.3. The number of amides is 1. The fourth-order valence-electron chi connectivity index (χ4n) is 4.08. The van der Waals surface area contributed by atoms with Gasteiger partial charge in [-0.1, -0.05) is 37.4 Å². The number of sulfonamides is 1. The Morgan fingerprint density at radius 3 is 2.57 bits per heavy atom. The molecule has 1 heterocycles. The maximum Gasteiger partial charge on any atom is 0.255 e. The van der Waals surface area contributed by atoms with Gasteiger partial charge in [0.1, 0.15) is 5.82 Å². The third-order valence-electron chi connectivity index (χ3n) is 5.87. The zero-order chi connectivity index (χ0) is 20.4. The first-order valence-electron chi connectivity index (χ1n) is 9.96. The Labute approximate surface area is 171 Å². The summed E-state index contributed by atoms with van der Waals surface area (Å²) in [5.41, 5.74) is -0.277. The van der Waals surface area contributed by atoms with Crippen LogP contribution in [-0.4, -0.2) is 44.0 Å². The van der Waals surface area contributed by atoms with Crippen molar-refractivity contribution in [2.75, 3.05) is 25.4 Å². The Morgan fingerprint density at radius 2 is 2.00 bits per heavy atom. The molecule has 5 nitrogen and oxygen atoms in total. The maximum atomic E-state index is 14.0. The molecule has 2 fully saturated rings. The molecule has 0 unspecified atom stereocenters. The van der Waals surface area contributed by atoms with Crippen LogP contribution >= 0.6 is 11.6 Å². The molecule has 2 aliphatic rings. The Morgan fingerprint density at radius 1 is 1.32 bits per heavy atom. The third-order valence-corrected chi connectivity index (χ3v) is 8.26. The van der Waals surface area contributed by atoms with Crippen LogP contribution in [0.2, 0.25) is 5.02 Å². The van der Waals surface area contributed by atoms with Crippen LogP contribution in [0.5, 0.6) is 0 Å². The second-order valence-electron chi connectivity index (χ2n) is 8.14. The quantitative estimate of drug-likeness (QED) is 0.681. The topological polar surface area (TPSA) is 66.5 Å². The van der Waals surface area contributed by atoms with Crippen molar-refractivity contribution < 1.29 is 17.6 Å². The number of halogens is 2. The highest BCUT2D eigenvalue weighted by molar-refractivity contribution is 7.89. The van der Waals surface area contributed by atoms with Crippen molar-refractivity contribution in [1.82, 2.24) is 9.62 Å². The molecule has 156 valence electrons. The van der Waals surface area contributed by atoms with Gasteiger partial charge in [-0.3, -0.25) is 4.79 Å². The number of rotatable bonds is 8. The van der Waals surface area contributed by atoms with Gasteiger partial charge in [-0.05, 0) is 49.1 Å². The fraction of sp³-hybridized carbons (Fsp3) is 0.650. The van der Waals surface area contributed by atoms with Crippen LogP contribution in [0.1, 0.15) is 55.8 Å². The van der Waals surface area contributed by atoms with Crippen molar-refractivity contribution >= 4 is 27.5 Å². The van der Waals surface area contributed by atoms with E-state index in [0.29, 0.717) is 44.8 Å². The van der Waals surface area contributed by atoms with E-state index in [-0.39, 0.29) is 21.8 Å². The second-order valence-corrected chi connectivity index (χ2v) is 10.6. The second kappa shape index (κ2) is 8.67. The van der Waals surface area contributed by atoms with Crippen molar-refractivity contribution in [2.24, 2.45) is 11.3 Å². The molecule has 0 spiro atoms. The lowest BCUT2D eigenvalue weighted by Crippen LogP contribution is -2.48. The Bertz CT molecular complexity index is 798. The maximum absolute atomic E-state index is 14.0. The summed E-state index contributed by atoms with van der Waals surface area (Å²) in [7, 11) is -3.20. The van der Waals surface area contributed by atoms with Gasteiger partial charge in [0.25, 0.3) is 5.91 Å². The number of piperidine rings is 1. The van der Waals surface area contributed by atoms with Crippen LogP contribution in [0.15, 0.2) is 18.2 Å². The predicted octanol–water partition coefficient (Wildman–Crippen LogP) is 3.83.